The highest BCUT2D eigenvalue weighted by molar-refractivity contribution is 5.47. The van der Waals surface area contributed by atoms with Gasteiger partial charge in [-0.2, -0.15) is 13.2 Å². The lowest BCUT2D eigenvalue weighted by molar-refractivity contribution is -0.144. The van der Waals surface area contributed by atoms with Crippen LogP contribution in [0.1, 0.15) is 39.9 Å². The van der Waals surface area contributed by atoms with E-state index in [0.717, 1.165) is 6.42 Å². The van der Waals surface area contributed by atoms with Gasteiger partial charge < -0.3 is 10.6 Å². The number of aromatic nitrogens is 2. The monoisotopic (exact) mass is 304 g/mol. The van der Waals surface area contributed by atoms with Crippen LogP contribution in [0.3, 0.4) is 0 Å². The van der Waals surface area contributed by atoms with Crippen molar-refractivity contribution in [1.29, 1.82) is 0 Å². The van der Waals surface area contributed by atoms with E-state index in [1.165, 1.54) is 6.07 Å². The number of alkyl halides is 3. The molecule has 0 radical (unpaired) electrons. The minimum Gasteiger partial charge on any atom is -0.370 e. The summed E-state index contributed by atoms with van der Waals surface area (Å²) in [7, 11) is 0. The molecule has 0 amide bonds. The van der Waals surface area contributed by atoms with E-state index >= 15 is 0 Å². The molecule has 0 aliphatic carbocycles. The highest BCUT2D eigenvalue weighted by Crippen LogP contribution is 2.28. The molecule has 0 bridgehead atoms. The number of halogens is 3. The summed E-state index contributed by atoms with van der Waals surface area (Å²) in [5, 5.41) is 5.83. The molecular formula is C14H23F3N4. The second-order valence-electron chi connectivity index (χ2n) is 5.49. The molecule has 1 atom stereocenters. The van der Waals surface area contributed by atoms with Crippen LogP contribution in [0.5, 0.6) is 0 Å². The molecule has 0 aromatic carbocycles. The predicted octanol–water partition coefficient (Wildman–Crippen LogP) is 4.02. The molecule has 0 fully saturated rings. The Morgan fingerprint density at radius 3 is 2.14 bits per heavy atom. The normalized spacial score (nSPS) is 13.3. The van der Waals surface area contributed by atoms with Crippen molar-refractivity contribution < 1.29 is 13.2 Å². The van der Waals surface area contributed by atoms with Crippen molar-refractivity contribution >= 4 is 11.6 Å². The lowest BCUT2D eigenvalue weighted by Gasteiger charge is -2.17. The first-order chi connectivity index (χ1) is 9.74. The second-order valence-corrected chi connectivity index (χ2v) is 5.49. The molecule has 0 aliphatic rings. The first kappa shape index (κ1) is 17.5. The Morgan fingerprint density at radius 2 is 1.67 bits per heavy atom. The van der Waals surface area contributed by atoms with Gasteiger partial charge in [-0.05, 0) is 18.3 Å². The van der Waals surface area contributed by atoms with Crippen LogP contribution < -0.4 is 10.6 Å². The largest absolute Gasteiger partial charge is 0.451 e. The van der Waals surface area contributed by atoms with E-state index in [1.807, 2.05) is 13.8 Å². The fraction of sp³-hybridized carbons (Fsp3) is 0.714. The average Bonchev–Trinajstić information content (AvgIpc) is 2.41. The van der Waals surface area contributed by atoms with Crippen LogP contribution in [0.15, 0.2) is 6.07 Å². The second kappa shape index (κ2) is 7.47. The van der Waals surface area contributed by atoms with Crippen molar-refractivity contribution in [2.75, 3.05) is 23.7 Å². The van der Waals surface area contributed by atoms with Gasteiger partial charge in [0.1, 0.15) is 11.6 Å². The van der Waals surface area contributed by atoms with Crippen LogP contribution in [0.25, 0.3) is 0 Å². The first-order valence-corrected chi connectivity index (χ1v) is 7.18. The molecule has 1 aromatic heterocycles. The Kier molecular flexibility index (Phi) is 6.23. The number of hydrogen-bond acceptors (Lipinski definition) is 4. The Morgan fingerprint density at radius 1 is 1.10 bits per heavy atom. The SMILES string of the molecule is CCCNc1cc(NCC(C)C(C)C)nc(C(F)(F)F)n1. The molecule has 21 heavy (non-hydrogen) atoms. The molecule has 2 N–H and O–H groups in total. The van der Waals surface area contributed by atoms with Crippen molar-refractivity contribution in [1.82, 2.24) is 9.97 Å². The average molecular weight is 304 g/mol. The Labute approximate surface area is 123 Å². The molecular weight excluding hydrogens is 281 g/mol. The summed E-state index contributed by atoms with van der Waals surface area (Å²) >= 11 is 0. The van der Waals surface area contributed by atoms with Gasteiger partial charge in [-0.3, -0.25) is 0 Å². The summed E-state index contributed by atoms with van der Waals surface area (Å²) in [6.07, 6.45) is -3.75. The smallest absolute Gasteiger partial charge is 0.370 e. The Balaban J connectivity index is 2.91. The van der Waals surface area contributed by atoms with Crippen LogP contribution in [-0.4, -0.2) is 23.1 Å². The van der Waals surface area contributed by atoms with E-state index in [2.05, 4.69) is 34.4 Å². The lowest BCUT2D eigenvalue weighted by atomic mass is 9.98. The van der Waals surface area contributed by atoms with Crippen molar-refractivity contribution in [2.24, 2.45) is 11.8 Å². The van der Waals surface area contributed by atoms with Crippen LogP contribution in [-0.2, 0) is 6.18 Å². The van der Waals surface area contributed by atoms with Gasteiger partial charge in [0.15, 0.2) is 0 Å². The van der Waals surface area contributed by atoms with Crippen molar-refractivity contribution in [3.05, 3.63) is 11.9 Å². The maximum absolute atomic E-state index is 12.8. The zero-order valence-electron chi connectivity index (χ0n) is 12.9. The Bertz CT molecular complexity index is 446. The van der Waals surface area contributed by atoms with Gasteiger partial charge >= 0.3 is 6.18 Å². The zero-order chi connectivity index (χ0) is 16.0. The third-order valence-electron chi connectivity index (χ3n) is 3.28. The number of nitrogens with one attached hydrogen (secondary N) is 2. The summed E-state index contributed by atoms with van der Waals surface area (Å²) in [6.45, 7) is 9.25. The molecule has 120 valence electrons. The highest BCUT2D eigenvalue weighted by Gasteiger charge is 2.35. The fourth-order valence-corrected chi connectivity index (χ4v) is 1.51. The minimum absolute atomic E-state index is 0.193. The molecule has 0 spiro atoms. The maximum Gasteiger partial charge on any atom is 0.451 e. The van der Waals surface area contributed by atoms with E-state index in [-0.39, 0.29) is 11.6 Å². The minimum atomic E-state index is -4.55. The van der Waals surface area contributed by atoms with E-state index in [0.29, 0.717) is 24.9 Å². The van der Waals surface area contributed by atoms with Crippen LogP contribution in [0, 0.1) is 11.8 Å². The van der Waals surface area contributed by atoms with E-state index < -0.39 is 12.0 Å². The summed E-state index contributed by atoms with van der Waals surface area (Å²) in [6, 6.07) is 1.51. The molecule has 1 heterocycles. The zero-order valence-corrected chi connectivity index (χ0v) is 12.9. The van der Waals surface area contributed by atoms with Crippen molar-refractivity contribution in [3.63, 3.8) is 0 Å². The van der Waals surface area contributed by atoms with Gasteiger partial charge in [-0.25, -0.2) is 9.97 Å². The van der Waals surface area contributed by atoms with E-state index in [9.17, 15) is 13.2 Å². The topological polar surface area (TPSA) is 49.8 Å². The maximum atomic E-state index is 12.8. The molecule has 0 aliphatic heterocycles. The van der Waals surface area contributed by atoms with E-state index in [1.54, 1.807) is 0 Å². The van der Waals surface area contributed by atoms with E-state index in [4.69, 9.17) is 0 Å². The third-order valence-corrected chi connectivity index (χ3v) is 3.28. The van der Waals surface area contributed by atoms with Crippen molar-refractivity contribution in [2.45, 2.75) is 40.3 Å². The lowest BCUT2D eigenvalue weighted by Crippen LogP contribution is -2.19. The molecule has 0 saturated carbocycles. The third kappa shape index (κ3) is 5.77. The van der Waals surface area contributed by atoms with Crippen LogP contribution in [0.4, 0.5) is 24.8 Å². The van der Waals surface area contributed by atoms with Crippen LogP contribution in [0.2, 0.25) is 0 Å². The van der Waals surface area contributed by atoms with Crippen LogP contribution >= 0.6 is 0 Å². The molecule has 0 saturated heterocycles. The Hall–Kier alpha value is -1.53. The van der Waals surface area contributed by atoms with Gasteiger partial charge in [0, 0.05) is 19.2 Å². The summed E-state index contributed by atoms with van der Waals surface area (Å²) < 4.78 is 38.4. The molecule has 1 aromatic rings. The quantitative estimate of drug-likeness (QED) is 0.799. The summed E-state index contributed by atoms with van der Waals surface area (Å²) in [5.74, 6) is 0.0473. The molecule has 1 unspecified atom stereocenters. The van der Waals surface area contributed by atoms with Gasteiger partial charge in [0.2, 0.25) is 5.82 Å². The predicted molar refractivity (Wildman–Crippen MR) is 78.3 cm³/mol. The molecule has 1 rings (SSSR count). The number of hydrogen-bond donors (Lipinski definition) is 2. The number of rotatable bonds is 7. The molecule has 7 heteroatoms. The summed E-state index contributed by atoms with van der Waals surface area (Å²) in [4.78, 5) is 7.07. The van der Waals surface area contributed by atoms with Gasteiger partial charge in [-0.1, -0.05) is 27.7 Å². The van der Waals surface area contributed by atoms with Gasteiger partial charge in [0.25, 0.3) is 0 Å². The number of nitrogens with zero attached hydrogens (tertiary/aromatic N) is 2. The standard InChI is InChI=1S/C14H23F3N4/c1-5-6-18-11-7-12(19-8-10(4)9(2)3)21-13(20-11)14(15,16)17/h7,9-10H,5-6,8H2,1-4H3,(H2,18,19,20,21). The van der Waals surface area contributed by atoms with Gasteiger partial charge in [0.05, 0.1) is 0 Å². The highest BCUT2D eigenvalue weighted by atomic mass is 19.4. The number of anilines is 2. The van der Waals surface area contributed by atoms with Gasteiger partial charge in [-0.15, -0.1) is 0 Å². The summed E-state index contributed by atoms with van der Waals surface area (Å²) in [5.41, 5.74) is 0. The fourth-order valence-electron chi connectivity index (χ4n) is 1.51. The van der Waals surface area contributed by atoms with Crippen molar-refractivity contribution in [3.8, 4) is 0 Å². The first-order valence-electron chi connectivity index (χ1n) is 7.18. The molecule has 4 nitrogen and oxygen atoms in total.